The van der Waals surface area contributed by atoms with Crippen molar-refractivity contribution in [2.24, 2.45) is 0 Å². The number of thiazole rings is 1. The number of carbonyl (C=O) groups is 1. The molecule has 1 aliphatic heterocycles. The fraction of sp³-hybridized carbons (Fsp3) is 0.385. The van der Waals surface area contributed by atoms with Crippen LogP contribution in [0.25, 0.3) is 0 Å². The Balaban J connectivity index is 1.55. The maximum Gasteiger partial charge on any atom is 0.407 e. The van der Waals surface area contributed by atoms with E-state index in [2.05, 4.69) is 39.5 Å². The molecule has 7 heteroatoms. The van der Waals surface area contributed by atoms with Crippen LogP contribution in [-0.2, 0) is 28.9 Å². The molecule has 33 heavy (non-hydrogen) atoms. The lowest BCUT2D eigenvalue weighted by molar-refractivity contribution is 0.0328. The summed E-state index contributed by atoms with van der Waals surface area (Å²) in [7, 11) is 0. The van der Waals surface area contributed by atoms with Crippen LogP contribution in [0.4, 0.5) is 4.79 Å². The van der Waals surface area contributed by atoms with E-state index in [1.807, 2.05) is 36.4 Å². The standard InChI is InChI=1S/C26H31N3O3S/c30-25(32-20-24-19-27-21-33-24)28-26(17-22-7-3-1-4-8-22,18-23-9-5-2-6-10-23)11-12-29-13-15-31-16-14-29/h1-10,19,21H,11-18,20H2,(H,28,30). The third kappa shape index (κ3) is 7.39. The Morgan fingerprint density at radius 3 is 2.24 bits per heavy atom. The number of nitrogens with one attached hydrogen (secondary N) is 1. The zero-order valence-corrected chi connectivity index (χ0v) is 19.6. The van der Waals surface area contributed by atoms with Gasteiger partial charge in [-0.3, -0.25) is 9.88 Å². The predicted octanol–water partition coefficient (Wildman–Crippen LogP) is 4.32. The average Bonchev–Trinajstić information content (AvgIpc) is 3.37. The molecule has 1 amide bonds. The number of nitrogens with zero attached hydrogens (tertiary/aromatic N) is 2. The van der Waals surface area contributed by atoms with Gasteiger partial charge in [0.15, 0.2) is 0 Å². The SMILES string of the molecule is O=C(NC(CCN1CCOCC1)(Cc1ccccc1)Cc1ccccc1)OCc1cncs1. The summed E-state index contributed by atoms with van der Waals surface area (Å²) in [6.45, 7) is 4.47. The molecule has 2 aromatic carbocycles. The number of rotatable bonds is 10. The van der Waals surface area contributed by atoms with E-state index in [-0.39, 0.29) is 6.61 Å². The lowest BCUT2D eigenvalue weighted by atomic mass is 9.81. The number of hydrogen-bond acceptors (Lipinski definition) is 6. The summed E-state index contributed by atoms with van der Waals surface area (Å²) in [4.78, 5) is 20.4. The van der Waals surface area contributed by atoms with Crippen molar-refractivity contribution in [3.05, 3.63) is 88.4 Å². The van der Waals surface area contributed by atoms with E-state index in [0.717, 1.165) is 57.0 Å². The highest BCUT2D eigenvalue weighted by molar-refractivity contribution is 7.09. The van der Waals surface area contributed by atoms with Crippen molar-refractivity contribution in [3.63, 3.8) is 0 Å². The summed E-state index contributed by atoms with van der Waals surface area (Å²) in [6, 6.07) is 20.7. The first-order valence-electron chi connectivity index (χ1n) is 11.4. The summed E-state index contributed by atoms with van der Waals surface area (Å²) in [5.41, 5.74) is 3.65. The van der Waals surface area contributed by atoms with Crippen molar-refractivity contribution in [2.45, 2.75) is 31.4 Å². The first-order chi connectivity index (χ1) is 16.2. The fourth-order valence-corrected chi connectivity index (χ4v) is 4.77. The maximum absolute atomic E-state index is 13.0. The Hall–Kier alpha value is -2.74. The molecule has 0 aliphatic carbocycles. The largest absolute Gasteiger partial charge is 0.444 e. The van der Waals surface area contributed by atoms with Gasteiger partial charge in [0, 0.05) is 25.8 Å². The Morgan fingerprint density at radius 1 is 1.03 bits per heavy atom. The van der Waals surface area contributed by atoms with Gasteiger partial charge in [-0.05, 0) is 30.4 Å². The third-order valence-corrected chi connectivity index (χ3v) is 6.73. The zero-order valence-electron chi connectivity index (χ0n) is 18.8. The minimum Gasteiger partial charge on any atom is -0.444 e. The highest BCUT2D eigenvalue weighted by Gasteiger charge is 2.34. The number of hydrogen-bond donors (Lipinski definition) is 1. The zero-order chi connectivity index (χ0) is 22.8. The summed E-state index contributed by atoms with van der Waals surface area (Å²) in [5, 5.41) is 3.29. The van der Waals surface area contributed by atoms with Gasteiger partial charge in [0.2, 0.25) is 0 Å². The molecule has 1 fully saturated rings. The van der Waals surface area contributed by atoms with Crippen molar-refractivity contribution in [1.82, 2.24) is 15.2 Å². The van der Waals surface area contributed by atoms with Gasteiger partial charge in [-0.2, -0.15) is 0 Å². The van der Waals surface area contributed by atoms with Gasteiger partial charge in [-0.1, -0.05) is 60.7 Å². The number of amides is 1. The van der Waals surface area contributed by atoms with E-state index in [0.29, 0.717) is 0 Å². The minimum absolute atomic E-state index is 0.229. The molecule has 0 radical (unpaired) electrons. The van der Waals surface area contributed by atoms with Crippen LogP contribution in [-0.4, -0.2) is 54.4 Å². The van der Waals surface area contributed by atoms with Crippen LogP contribution in [0.1, 0.15) is 22.4 Å². The van der Waals surface area contributed by atoms with Crippen LogP contribution in [0.15, 0.2) is 72.4 Å². The number of ether oxygens (including phenoxy) is 2. The highest BCUT2D eigenvalue weighted by atomic mass is 32.1. The molecule has 0 unspecified atom stereocenters. The number of benzene rings is 2. The lowest BCUT2D eigenvalue weighted by Gasteiger charge is -2.37. The number of alkyl carbamates (subject to hydrolysis) is 1. The second-order valence-electron chi connectivity index (χ2n) is 8.48. The first kappa shape index (κ1) is 23.4. The van der Waals surface area contributed by atoms with Crippen LogP contribution in [0.3, 0.4) is 0 Å². The molecule has 1 saturated heterocycles. The Morgan fingerprint density at radius 2 is 1.67 bits per heavy atom. The van der Waals surface area contributed by atoms with Crippen LogP contribution in [0, 0.1) is 0 Å². The van der Waals surface area contributed by atoms with Gasteiger partial charge in [-0.15, -0.1) is 11.3 Å². The van der Waals surface area contributed by atoms with Crippen molar-refractivity contribution in [2.75, 3.05) is 32.8 Å². The van der Waals surface area contributed by atoms with E-state index >= 15 is 0 Å². The van der Waals surface area contributed by atoms with Gasteiger partial charge in [0.1, 0.15) is 6.61 Å². The molecule has 0 bridgehead atoms. The van der Waals surface area contributed by atoms with Gasteiger partial charge in [0.25, 0.3) is 0 Å². The van der Waals surface area contributed by atoms with E-state index in [1.54, 1.807) is 11.7 Å². The minimum atomic E-state index is -0.480. The Labute approximate surface area is 199 Å². The smallest absolute Gasteiger partial charge is 0.407 e. The quantitative estimate of drug-likeness (QED) is 0.483. The normalized spacial score (nSPS) is 14.7. The van der Waals surface area contributed by atoms with Crippen molar-refractivity contribution in [3.8, 4) is 0 Å². The molecular formula is C26H31N3O3S. The van der Waals surface area contributed by atoms with E-state index in [9.17, 15) is 4.79 Å². The van der Waals surface area contributed by atoms with Gasteiger partial charge in [0.05, 0.1) is 29.1 Å². The maximum atomic E-state index is 13.0. The molecule has 1 aromatic heterocycles. The summed E-state index contributed by atoms with van der Waals surface area (Å²) < 4.78 is 11.1. The summed E-state index contributed by atoms with van der Waals surface area (Å²) >= 11 is 1.48. The topological polar surface area (TPSA) is 63.7 Å². The Kier molecular flexibility index (Phi) is 8.47. The summed E-state index contributed by atoms with van der Waals surface area (Å²) in [6.07, 6.45) is 3.60. The predicted molar refractivity (Wildman–Crippen MR) is 130 cm³/mol. The molecule has 1 N–H and O–H groups in total. The summed E-state index contributed by atoms with van der Waals surface area (Å²) in [5.74, 6) is 0. The molecule has 0 spiro atoms. The number of carbonyl (C=O) groups excluding carboxylic acids is 1. The number of morpholine rings is 1. The first-order valence-corrected chi connectivity index (χ1v) is 12.3. The molecule has 2 heterocycles. The molecule has 3 aromatic rings. The van der Waals surface area contributed by atoms with Crippen LogP contribution in [0.5, 0.6) is 0 Å². The van der Waals surface area contributed by atoms with Crippen LogP contribution in [0.2, 0.25) is 0 Å². The molecule has 4 rings (SSSR count). The van der Waals surface area contributed by atoms with E-state index in [1.165, 1.54) is 22.5 Å². The monoisotopic (exact) mass is 465 g/mol. The van der Waals surface area contributed by atoms with Crippen molar-refractivity contribution >= 4 is 17.4 Å². The second kappa shape index (κ2) is 11.9. The molecule has 174 valence electrons. The molecule has 1 aliphatic rings. The van der Waals surface area contributed by atoms with Gasteiger partial charge < -0.3 is 14.8 Å². The molecular weight excluding hydrogens is 434 g/mol. The lowest BCUT2D eigenvalue weighted by Crippen LogP contribution is -2.54. The molecule has 0 saturated carbocycles. The van der Waals surface area contributed by atoms with Gasteiger partial charge >= 0.3 is 6.09 Å². The van der Waals surface area contributed by atoms with Crippen molar-refractivity contribution < 1.29 is 14.3 Å². The molecule has 0 atom stereocenters. The average molecular weight is 466 g/mol. The number of aromatic nitrogens is 1. The van der Waals surface area contributed by atoms with Crippen LogP contribution < -0.4 is 5.32 Å². The highest BCUT2D eigenvalue weighted by Crippen LogP contribution is 2.25. The van der Waals surface area contributed by atoms with Crippen molar-refractivity contribution in [1.29, 1.82) is 0 Å². The second-order valence-corrected chi connectivity index (χ2v) is 9.45. The van der Waals surface area contributed by atoms with Gasteiger partial charge in [-0.25, -0.2) is 4.79 Å². The third-order valence-electron chi connectivity index (χ3n) is 5.98. The fourth-order valence-electron chi connectivity index (χ4n) is 4.26. The Bertz CT molecular complexity index is 919. The molecule has 6 nitrogen and oxygen atoms in total. The van der Waals surface area contributed by atoms with E-state index in [4.69, 9.17) is 9.47 Å². The van der Waals surface area contributed by atoms with E-state index < -0.39 is 11.6 Å². The van der Waals surface area contributed by atoms with Crippen LogP contribution >= 0.6 is 11.3 Å².